The second-order valence-corrected chi connectivity index (χ2v) is 10.2. The SMILES string of the molecule is Cn1c(O)c(C2=c3cc(S(=O)(=O)N4CCOCC4)ccc3=NC2=O)c2cccc(Br)c21. The zero-order valence-corrected chi connectivity index (χ0v) is 18.9. The number of fused-ring (bicyclic) bond motifs is 2. The van der Waals surface area contributed by atoms with Crippen LogP contribution >= 0.6 is 15.9 Å². The number of aromatic nitrogens is 1. The lowest BCUT2D eigenvalue weighted by molar-refractivity contribution is -0.112. The number of ether oxygens (including phenoxy) is 1. The third-order valence-electron chi connectivity index (χ3n) is 5.66. The molecule has 31 heavy (non-hydrogen) atoms. The molecule has 2 aliphatic heterocycles. The highest BCUT2D eigenvalue weighted by molar-refractivity contribution is 9.10. The second-order valence-electron chi connectivity index (χ2n) is 7.38. The summed E-state index contributed by atoms with van der Waals surface area (Å²) in [5.41, 5.74) is 1.25. The molecule has 8 nitrogen and oxygen atoms in total. The Kier molecular flexibility index (Phi) is 4.78. The second kappa shape index (κ2) is 7.27. The number of carbonyl (C=O) groups is 1. The molecule has 2 aromatic carbocycles. The first-order valence-electron chi connectivity index (χ1n) is 9.62. The minimum atomic E-state index is -3.75. The maximum Gasteiger partial charge on any atom is 0.279 e. The van der Waals surface area contributed by atoms with Gasteiger partial charge in [-0.1, -0.05) is 12.1 Å². The number of aromatic hydroxyl groups is 1. The van der Waals surface area contributed by atoms with Crippen LogP contribution in [0.5, 0.6) is 5.88 Å². The highest BCUT2D eigenvalue weighted by Gasteiger charge is 2.30. The minimum absolute atomic E-state index is 0.0801. The lowest BCUT2D eigenvalue weighted by Crippen LogP contribution is -2.41. The molecule has 3 aromatic rings. The van der Waals surface area contributed by atoms with Crippen molar-refractivity contribution in [2.75, 3.05) is 26.3 Å². The first-order chi connectivity index (χ1) is 14.8. The van der Waals surface area contributed by atoms with Gasteiger partial charge >= 0.3 is 0 Å². The standard InChI is InChI=1S/C21H18BrN3O5S/c1-24-19-13(3-2-4-15(19)22)18(21(24)27)17-14-11-12(5-6-16(14)23-20(17)26)31(28,29)25-7-9-30-10-8-25/h2-6,11,27H,7-10H2,1H3. The highest BCUT2D eigenvalue weighted by Crippen LogP contribution is 2.38. The van der Waals surface area contributed by atoms with Gasteiger partial charge in [-0.2, -0.15) is 4.31 Å². The van der Waals surface area contributed by atoms with Gasteiger partial charge in [0.05, 0.1) is 40.1 Å². The molecule has 160 valence electrons. The number of hydrogen-bond acceptors (Lipinski definition) is 5. The average molecular weight is 504 g/mol. The maximum atomic E-state index is 13.1. The highest BCUT2D eigenvalue weighted by atomic mass is 79.9. The van der Waals surface area contributed by atoms with Gasteiger partial charge in [0.1, 0.15) is 0 Å². The predicted molar refractivity (Wildman–Crippen MR) is 117 cm³/mol. The molecule has 1 amide bonds. The van der Waals surface area contributed by atoms with Crippen molar-refractivity contribution in [3.63, 3.8) is 0 Å². The number of hydrogen-bond donors (Lipinski definition) is 1. The first-order valence-corrected chi connectivity index (χ1v) is 11.9. The van der Waals surface area contributed by atoms with E-state index < -0.39 is 15.9 Å². The molecule has 0 aliphatic carbocycles. The lowest BCUT2D eigenvalue weighted by atomic mass is 10.0. The molecule has 0 saturated carbocycles. The minimum Gasteiger partial charge on any atom is -0.494 e. The molecule has 1 saturated heterocycles. The number of aryl methyl sites for hydroxylation is 1. The van der Waals surface area contributed by atoms with Crippen LogP contribution in [0.25, 0.3) is 16.5 Å². The van der Waals surface area contributed by atoms with Gasteiger partial charge < -0.3 is 14.4 Å². The Morgan fingerprint density at radius 2 is 1.90 bits per heavy atom. The van der Waals surface area contributed by atoms with Gasteiger partial charge in [0.15, 0.2) is 5.88 Å². The van der Waals surface area contributed by atoms with Crippen LogP contribution in [0.2, 0.25) is 0 Å². The van der Waals surface area contributed by atoms with E-state index in [1.807, 2.05) is 18.2 Å². The zero-order chi connectivity index (χ0) is 21.9. The Morgan fingerprint density at radius 3 is 2.65 bits per heavy atom. The van der Waals surface area contributed by atoms with Crippen LogP contribution in [-0.4, -0.2) is 54.6 Å². The molecule has 0 bridgehead atoms. The average Bonchev–Trinajstić information content (AvgIpc) is 3.21. The smallest absolute Gasteiger partial charge is 0.279 e. The van der Waals surface area contributed by atoms with Gasteiger partial charge in [-0.05, 0) is 40.2 Å². The van der Waals surface area contributed by atoms with E-state index >= 15 is 0 Å². The van der Waals surface area contributed by atoms with Crippen LogP contribution in [0.15, 0.2) is 50.8 Å². The summed E-state index contributed by atoms with van der Waals surface area (Å²) < 4.78 is 35.2. The molecular weight excluding hydrogens is 486 g/mol. The van der Waals surface area contributed by atoms with Crippen LogP contribution in [0.3, 0.4) is 0 Å². The lowest BCUT2D eigenvalue weighted by Gasteiger charge is -2.26. The topological polar surface area (TPSA) is 101 Å². The van der Waals surface area contributed by atoms with Crippen LogP contribution in [0.1, 0.15) is 5.56 Å². The molecule has 1 N–H and O–H groups in total. The van der Waals surface area contributed by atoms with Crippen molar-refractivity contribution in [3.8, 4) is 5.88 Å². The van der Waals surface area contributed by atoms with Crippen LogP contribution < -0.4 is 10.6 Å². The molecule has 5 rings (SSSR count). The summed E-state index contributed by atoms with van der Waals surface area (Å²) in [6.45, 7) is 1.23. The van der Waals surface area contributed by atoms with Gasteiger partial charge in [-0.3, -0.25) is 4.79 Å². The Bertz CT molecular complexity index is 1490. The largest absolute Gasteiger partial charge is 0.494 e. The van der Waals surface area contributed by atoms with Crippen molar-refractivity contribution in [3.05, 3.63) is 57.0 Å². The Labute approximate surface area is 186 Å². The third kappa shape index (κ3) is 3.05. The fourth-order valence-corrected chi connectivity index (χ4v) is 6.20. The molecule has 1 aromatic heterocycles. The summed E-state index contributed by atoms with van der Waals surface area (Å²) in [6.07, 6.45) is 0. The van der Waals surface area contributed by atoms with E-state index in [-0.39, 0.29) is 29.4 Å². The third-order valence-corrected chi connectivity index (χ3v) is 8.20. The van der Waals surface area contributed by atoms with Crippen molar-refractivity contribution < 1.29 is 23.1 Å². The molecule has 1 fully saturated rings. The molecule has 0 atom stereocenters. The molecule has 0 radical (unpaired) electrons. The number of halogens is 1. The summed E-state index contributed by atoms with van der Waals surface area (Å²) in [5.74, 6) is -0.603. The van der Waals surface area contributed by atoms with Crippen molar-refractivity contribution >= 4 is 48.3 Å². The normalized spacial score (nSPS) is 17.2. The van der Waals surface area contributed by atoms with Gasteiger partial charge in [0.2, 0.25) is 10.0 Å². The van der Waals surface area contributed by atoms with E-state index in [1.54, 1.807) is 11.6 Å². The fourth-order valence-electron chi connectivity index (χ4n) is 4.13. The zero-order valence-electron chi connectivity index (χ0n) is 16.5. The number of sulfonamides is 1. The number of nitrogens with zero attached hydrogens (tertiary/aromatic N) is 3. The Hall–Kier alpha value is -2.53. The van der Waals surface area contributed by atoms with Crippen LogP contribution in [0, 0.1) is 0 Å². The summed E-state index contributed by atoms with van der Waals surface area (Å²) in [7, 11) is -2.05. The molecule has 2 aliphatic rings. The van der Waals surface area contributed by atoms with E-state index in [0.29, 0.717) is 34.7 Å². The number of rotatable bonds is 3. The molecule has 3 heterocycles. The summed E-state index contributed by atoms with van der Waals surface area (Å²) in [6, 6.07) is 9.93. The van der Waals surface area contributed by atoms with Crippen molar-refractivity contribution in [2.24, 2.45) is 12.0 Å². The van der Waals surface area contributed by atoms with Gasteiger partial charge in [-0.25, -0.2) is 13.4 Å². The Balaban J connectivity index is 1.79. The molecular formula is C21H18BrN3O5S. The van der Waals surface area contributed by atoms with E-state index in [0.717, 1.165) is 9.99 Å². The van der Waals surface area contributed by atoms with E-state index in [1.165, 1.54) is 22.5 Å². The summed E-state index contributed by atoms with van der Waals surface area (Å²) in [5, 5.41) is 12.3. The van der Waals surface area contributed by atoms with Crippen molar-refractivity contribution in [2.45, 2.75) is 4.90 Å². The number of morpholine rings is 1. The van der Waals surface area contributed by atoms with Crippen LogP contribution in [0.4, 0.5) is 0 Å². The van der Waals surface area contributed by atoms with Gasteiger partial charge in [0, 0.05) is 35.2 Å². The number of benzene rings is 2. The van der Waals surface area contributed by atoms with Crippen molar-refractivity contribution in [1.82, 2.24) is 8.87 Å². The van der Waals surface area contributed by atoms with Gasteiger partial charge in [-0.15, -0.1) is 0 Å². The molecule has 0 spiro atoms. The van der Waals surface area contributed by atoms with Crippen molar-refractivity contribution in [1.29, 1.82) is 0 Å². The fraction of sp³-hybridized carbons (Fsp3) is 0.238. The van der Waals surface area contributed by atoms with E-state index in [9.17, 15) is 18.3 Å². The molecule has 10 heteroatoms. The van der Waals surface area contributed by atoms with Gasteiger partial charge in [0.25, 0.3) is 5.91 Å². The predicted octanol–water partition coefficient (Wildman–Crippen LogP) is 1.03. The monoisotopic (exact) mass is 503 g/mol. The number of para-hydroxylation sites is 1. The number of carbonyl (C=O) groups excluding carboxylic acids is 1. The molecule has 0 unspecified atom stereocenters. The quantitative estimate of drug-likeness (QED) is 0.575. The Morgan fingerprint density at radius 1 is 1.16 bits per heavy atom. The summed E-state index contributed by atoms with van der Waals surface area (Å²) in [4.78, 5) is 17.0. The number of amides is 1. The maximum absolute atomic E-state index is 13.1. The first kappa shape index (κ1) is 20.4. The van der Waals surface area contributed by atoms with Crippen LogP contribution in [-0.2, 0) is 26.6 Å². The summed E-state index contributed by atoms with van der Waals surface area (Å²) >= 11 is 3.49. The van der Waals surface area contributed by atoms with E-state index in [2.05, 4.69) is 20.9 Å². The van der Waals surface area contributed by atoms with E-state index in [4.69, 9.17) is 4.74 Å².